The number of hydrogen-bond donors (Lipinski definition) is 0. The molecular formula is C23H24ClF2N3O. The molecular weight excluding hydrogens is 408 g/mol. The van der Waals surface area contributed by atoms with Crippen molar-refractivity contribution < 1.29 is 13.6 Å². The maximum Gasteiger partial charge on any atom is 0.257 e. The first-order chi connectivity index (χ1) is 14.6. The molecule has 0 bridgehead atoms. The van der Waals surface area contributed by atoms with Crippen molar-refractivity contribution in [3.8, 4) is 0 Å². The number of imidazole rings is 1. The average Bonchev–Trinajstić information content (AvgIpc) is 3.10. The minimum atomic E-state index is -1.12. The molecule has 0 saturated heterocycles. The third-order valence-corrected chi connectivity index (χ3v) is 5.04. The van der Waals surface area contributed by atoms with Crippen LogP contribution in [0, 0.1) is 11.6 Å². The van der Waals surface area contributed by atoms with E-state index in [2.05, 4.69) is 4.98 Å². The lowest BCUT2D eigenvalue weighted by molar-refractivity contribution is 0.0729. The molecule has 3 aromatic rings. The van der Waals surface area contributed by atoms with Crippen LogP contribution in [0.2, 0.25) is 0 Å². The molecule has 0 radical (unpaired) electrons. The molecule has 1 amide bonds. The number of rotatable bonds is 9. The Morgan fingerprint density at radius 1 is 1.17 bits per heavy atom. The number of hydrogen-bond acceptors (Lipinski definition) is 2. The maximum atomic E-state index is 14.3. The number of fused-ring (bicyclic) bond motifs is 1. The summed E-state index contributed by atoms with van der Waals surface area (Å²) in [5.41, 5.74) is 1.48. The summed E-state index contributed by atoms with van der Waals surface area (Å²) in [5, 5.41) is 0. The summed E-state index contributed by atoms with van der Waals surface area (Å²) in [7, 11) is 0. The van der Waals surface area contributed by atoms with Gasteiger partial charge in [-0.3, -0.25) is 4.79 Å². The second-order valence-electron chi connectivity index (χ2n) is 6.93. The monoisotopic (exact) mass is 431 g/mol. The Morgan fingerprint density at radius 2 is 1.97 bits per heavy atom. The van der Waals surface area contributed by atoms with E-state index in [1.807, 2.05) is 47.9 Å². The van der Waals surface area contributed by atoms with E-state index in [9.17, 15) is 13.6 Å². The zero-order valence-electron chi connectivity index (χ0n) is 16.8. The van der Waals surface area contributed by atoms with Crippen LogP contribution in [0.4, 0.5) is 8.78 Å². The van der Waals surface area contributed by atoms with Crippen LogP contribution in [0.25, 0.3) is 11.0 Å². The molecule has 1 aromatic heterocycles. The fourth-order valence-electron chi connectivity index (χ4n) is 3.30. The minimum absolute atomic E-state index is 0.193. The Hall–Kier alpha value is -2.73. The van der Waals surface area contributed by atoms with Crippen molar-refractivity contribution in [1.29, 1.82) is 0 Å². The highest BCUT2D eigenvalue weighted by molar-refractivity contribution is 6.18. The molecule has 0 aliphatic carbocycles. The molecule has 0 spiro atoms. The van der Waals surface area contributed by atoms with Crippen LogP contribution in [0.5, 0.6) is 0 Å². The number of carbonyl (C=O) groups excluding carboxylic acids is 1. The summed E-state index contributed by atoms with van der Waals surface area (Å²) in [6.07, 6.45) is 5.40. The van der Waals surface area contributed by atoms with Gasteiger partial charge in [-0.25, -0.2) is 13.8 Å². The van der Waals surface area contributed by atoms with Crippen LogP contribution >= 0.6 is 11.6 Å². The first-order valence-corrected chi connectivity index (χ1v) is 10.5. The predicted molar refractivity (Wildman–Crippen MR) is 116 cm³/mol. The van der Waals surface area contributed by atoms with E-state index in [-0.39, 0.29) is 12.1 Å². The Kier molecular flexibility index (Phi) is 7.57. The summed E-state index contributed by atoms with van der Waals surface area (Å²) >= 11 is 5.75. The predicted octanol–water partition coefficient (Wildman–Crippen LogP) is 5.55. The summed E-state index contributed by atoms with van der Waals surface area (Å²) in [5.74, 6) is -1.62. The molecule has 0 fully saturated rings. The summed E-state index contributed by atoms with van der Waals surface area (Å²) in [4.78, 5) is 19.3. The Balaban J connectivity index is 1.97. The topological polar surface area (TPSA) is 38.1 Å². The van der Waals surface area contributed by atoms with Crippen molar-refractivity contribution >= 4 is 28.5 Å². The third kappa shape index (κ3) is 4.87. The van der Waals surface area contributed by atoms with Crippen molar-refractivity contribution in [3.05, 3.63) is 77.6 Å². The van der Waals surface area contributed by atoms with E-state index < -0.39 is 17.5 Å². The quantitative estimate of drug-likeness (QED) is 0.329. The van der Waals surface area contributed by atoms with Crippen LogP contribution in [-0.2, 0) is 13.1 Å². The number of alkyl halides is 1. The smallest absolute Gasteiger partial charge is 0.257 e. The Bertz CT molecular complexity index is 1050. The first kappa shape index (κ1) is 22.0. The van der Waals surface area contributed by atoms with Gasteiger partial charge in [0, 0.05) is 19.0 Å². The van der Waals surface area contributed by atoms with Crippen molar-refractivity contribution in [2.45, 2.75) is 32.9 Å². The molecule has 0 unspecified atom stereocenters. The zero-order valence-corrected chi connectivity index (χ0v) is 17.6. The number of allylic oxidation sites excluding steroid dienone is 2. The number of amides is 1. The fraction of sp³-hybridized carbons (Fsp3) is 0.304. The van der Waals surface area contributed by atoms with Gasteiger partial charge >= 0.3 is 0 Å². The summed E-state index contributed by atoms with van der Waals surface area (Å²) < 4.78 is 29.9. The average molecular weight is 432 g/mol. The largest absolute Gasteiger partial charge is 0.331 e. The number of nitrogens with zero attached hydrogens (tertiary/aromatic N) is 3. The van der Waals surface area contributed by atoms with Crippen molar-refractivity contribution in [2.75, 3.05) is 12.4 Å². The molecule has 30 heavy (non-hydrogen) atoms. The normalized spacial score (nSPS) is 11.5. The number of aromatic nitrogens is 2. The Morgan fingerprint density at radius 3 is 2.73 bits per heavy atom. The van der Waals surface area contributed by atoms with Gasteiger partial charge in [0.1, 0.15) is 5.82 Å². The van der Waals surface area contributed by atoms with Crippen molar-refractivity contribution in [3.63, 3.8) is 0 Å². The molecule has 4 nitrogen and oxygen atoms in total. The molecule has 3 rings (SSSR count). The highest BCUT2D eigenvalue weighted by atomic mass is 35.5. The van der Waals surface area contributed by atoms with Gasteiger partial charge < -0.3 is 9.47 Å². The van der Waals surface area contributed by atoms with Crippen LogP contribution in [0.1, 0.15) is 35.9 Å². The van der Waals surface area contributed by atoms with Crippen LogP contribution in [0.3, 0.4) is 0 Å². The van der Waals surface area contributed by atoms with E-state index in [4.69, 9.17) is 11.6 Å². The summed E-state index contributed by atoms with van der Waals surface area (Å²) in [6, 6.07) is 11.4. The molecule has 158 valence electrons. The molecule has 7 heteroatoms. The number of unbranched alkanes of at least 4 members (excludes halogenated alkanes) is 1. The van der Waals surface area contributed by atoms with Gasteiger partial charge in [-0.1, -0.05) is 43.7 Å². The fourth-order valence-corrected chi connectivity index (χ4v) is 3.43. The highest BCUT2D eigenvalue weighted by Crippen LogP contribution is 2.20. The van der Waals surface area contributed by atoms with Gasteiger partial charge in [0.2, 0.25) is 0 Å². The SMILES string of the molecule is CCCCN(Cc1nc2ccccc2n1CC=CCCl)C(=O)c1cccc(F)c1F. The number of carbonyl (C=O) groups is 1. The van der Waals surface area contributed by atoms with Crippen LogP contribution < -0.4 is 0 Å². The standard InChI is InChI=1S/C23H24ClF2N3O/c1-2-3-14-28(23(30)17-9-8-10-18(25)22(17)26)16-21-27-19-11-4-5-12-20(19)29(21)15-7-6-13-24/h4-12H,2-3,13-16H2,1H3. The van der Waals surface area contributed by atoms with Crippen LogP contribution in [0.15, 0.2) is 54.6 Å². The van der Waals surface area contributed by atoms with E-state index in [0.717, 1.165) is 29.9 Å². The number of benzene rings is 2. The minimum Gasteiger partial charge on any atom is -0.331 e. The van der Waals surface area contributed by atoms with Gasteiger partial charge in [0.05, 0.1) is 23.1 Å². The Labute approximate surface area is 179 Å². The molecule has 0 saturated carbocycles. The first-order valence-electron chi connectivity index (χ1n) is 9.95. The van der Waals surface area contributed by atoms with Gasteiger partial charge in [-0.15, -0.1) is 11.6 Å². The van der Waals surface area contributed by atoms with Crippen LogP contribution in [-0.4, -0.2) is 32.8 Å². The van der Waals surface area contributed by atoms with E-state index in [1.165, 1.54) is 17.0 Å². The molecule has 0 atom stereocenters. The number of halogens is 3. The molecule has 1 heterocycles. The highest BCUT2D eigenvalue weighted by Gasteiger charge is 2.23. The van der Waals surface area contributed by atoms with Gasteiger partial charge in [-0.2, -0.15) is 0 Å². The lowest BCUT2D eigenvalue weighted by atomic mass is 10.1. The van der Waals surface area contributed by atoms with Gasteiger partial charge in [0.25, 0.3) is 5.91 Å². The number of para-hydroxylation sites is 2. The lowest BCUT2D eigenvalue weighted by Gasteiger charge is -2.23. The lowest BCUT2D eigenvalue weighted by Crippen LogP contribution is -2.33. The van der Waals surface area contributed by atoms with Crippen molar-refractivity contribution in [2.24, 2.45) is 0 Å². The third-order valence-electron chi connectivity index (χ3n) is 4.86. The second-order valence-corrected chi connectivity index (χ2v) is 7.24. The molecule has 2 aromatic carbocycles. The zero-order chi connectivity index (χ0) is 21.5. The van der Waals surface area contributed by atoms with E-state index in [1.54, 1.807) is 0 Å². The van der Waals surface area contributed by atoms with Gasteiger partial charge in [0.15, 0.2) is 11.6 Å². The second kappa shape index (κ2) is 10.3. The van der Waals surface area contributed by atoms with Gasteiger partial charge in [-0.05, 0) is 30.7 Å². The molecule has 0 N–H and O–H groups in total. The molecule has 0 aliphatic heterocycles. The van der Waals surface area contributed by atoms with E-state index >= 15 is 0 Å². The van der Waals surface area contributed by atoms with E-state index in [0.29, 0.717) is 24.8 Å². The van der Waals surface area contributed by atoms with Crippen molar-refractivity contribution in [1.82, 2.24) is 14.5 Å². The molecule has 0 aliphatic rings. The summed E-state index contributed by atoms with van der Waals surface area (Å²) in [6.45, 7) is 3.18. The maximum absolute atomic E-state index is 14.3.